The molecule has 11 heavy (non-hydrogen) atoms. The van der Waals surface area contributed by atoms with Crippen molar-refractivity contribution in [3.63, 3.8) is 0 Å². The largest absolute Gasteiger partial charge is 0.356 e. The average molecular weight is 160 g/mol. The Morgan fingerprint density at radius 3 is 2.91 bits per heavy atom. The number of alkyl halides is 1. The molecule has 3 nitrogen and oxygen atoms in total. The Morgan fingerprint density at radius 2 is 2.45 bits per heavy atom. The lowest BCUT2D eigenvalue weighted by molar-refractivity contribution is -0.119. The summed E-state index contributed by atoms with van der Waals surface area (Å²) in [7, 11) is 0. The fourth-order valence-corrected chi connectivity index (χ4v) is 1.18. The molecule has 0 bridgehead atoms. The molecule has 0 aromatic carbocycles. The average Bonchev–Trinajstić information content (AvgIpc) is 2.31. The van der Waals surface area contributed by atoms with Crippen molar-refractivity contribution in [2.45, 2.75) is 13.1 Å². The fourth-order valence-electron chi connectivity index (χ4n) is 1.18. The Balaban J connectivity index is 2.20. The van der Waals surface area contributed by atoms with Crippen LogP contribution in [-0.4, -0.2) is 31.7 Å². The predicted molar refractivity (Wildman–Crippen MR) is 39.9 cm³/mol. The van der Waals surface area contributed by atoms with Gasteiger partial charge in [0.2, 0.25) is 5.91 Å². The summed E-state index contributed by atoms with van der Waals surface area (Å²) < 4.78 is 12.8. The standard InChI is InChI=1S/C7H13FN2O/c1-5(11)10-3-6-2-9-4-7(6)8/h6-7,9H,2-4H2,1H3,(H,10,11)/t6-,7-/m1/s1. The van der Waals surface area contributed by atoms with E-state index in [2.05, 4.69) is 10.6 Å². The Labute approximate surface area is 65.3 Å². The van der Waals surface area contributed by atoms with Crippen molar-refractivity contribution in [3.05, 3.63) is 0 Å². The van der Waals surface area contributed by atoms with Gasteiger partial charge in [-0.3, -0.25) is 4.79 Å². The third kappa shape index (κ3) is 2.46. The van der Waals surface area contributed by atoms with E-state index in [1.54, 1.807) is 0 Å². The van der Waals surface area contributed by atoms with Gasteiger partial charge in [0, 0.05) is 32.5 Å². The highest BCUT2D eigenvalue weighted by molar-refractivity contribution is 5.72. The number of hydrogen-bond donors (Lipinski definition) is 2. The lowest BCUT2D eigenvalue weighted by Gasteiger charge is -2.10. The van der Waals surface area contributed by atoms with Gasteiger partial charge in [-0.15, -0.1) is 0 Å². The second-order valence-electron chi connectivity index (χ2n) is 2.87. The van der Waals surface area contributed by atoms with E-state index in [1.165, 1.54) is 6.92 Å². The van der Waals surface area contributed by atoms with Crippen LogP contribution in [0.4, 0.5) is 4.39 Å². The van der Waals surface area contributed by atoms with Crippen LogP contribution in [0.2, 0.25) is 0 Å². The molecule has 0 aliphatic carbocycles. The first-order chi connectivity index (χ1) is 5.20. The van der Waals surface area contributed by atoms with Gasteiger partial charge in [0.15, 0.2) is 0 Å². The van der Waals surface area contributed by atoms with Crippen molar-refractivity contribution in [2.75, 3.05) is 19.6 Å². The van der Waals surface area contributed by atoms with Crippen LogP contribution in [0.5, 0.6) is 0 Å². The second kappa shape index (κ2) is 3.67. The first-order valence-corrected chi connectivity index (χ1v) is 3.79. The zero-order valence-electron chi connectivity index (χ0n) is 6.56. The van der Waals surface area contributed by atoms with Crippen molar-refractivity contribution >= 4 is 5.91 Å². The van der Waals surface area contributed by atoms with E-state index >= 15 is 0 Å². The molecule has 64 valence electrons. The molecule has 0 aromatic heterocycles. The summed E-state index contributed by atoms with van der Waals surface area (Å²) in [5.74, 6) is -0.136. The van der Waals surface area contributed by atoms with Crippen LogP contribution in [-0.2, 0) is 4.79 Å². The SMILES string of the molecule is CC(=O)NC[C@H]1CNC[C@H]1F. The molecule has 1 aliphatic rings. The minimum absolute atomic E-state index is 0.0427. The molecule has 0 aromatic rings. The molecular weight excluding hydrogens is 147 g/mol. The summed E-state index contributed by atoms with van der Waals surface area (Å²) in [6.07, 6.45) is -0.804. The molecule has 4 heteroatoms. The summed E-state index contributed by atoms with van der Waals surface area (Å²) >= 11 is 0. The van der Waals surface area contributed by atoms with Gasteiger partial charge in [-0.2, -0.15) is 0 Å². The molecule has 2 N–H and O–H groups in total. The smallest absolute Gasteiger partial charge is 0.216 e. The number of rotatable bonds is 2. The van der Waals surface area contributed by atoms with E-state index in [4.69, 9.17) is 0 Å². The zero-order chi connectivity index (χ0) is 8.27. The first-order valence-electron chi connectivity index (χ1n) is 3.79. The fraction of sp³-hybridized carbons (Fsp3) is 0.857. The summed E-state index contributed by atoms with van der Waals surface area (Å²) in [5, 5.41) is 5.52. The number of nitrogens with one attached hydrogen (secondary N) is 2. The molecule has 1 heterocycles. The van der Waals surface area contributed by atoms with Gasteiger partial charge < -0.3 is 10.6 Å². The molecule has 1 saturated heterocycles. The molecule has 0 saturated carbocycles. The van der Waals surface area contributed by atoms with Crippen LogP contribution in [0.15, 0.2) is 0 Å². The van der Waals surface area contributed by atoms with E-state index in [1.807, 2.05) is 0 Å². The maximum absolute atomic E-state index is 12.8. The summed E-state index contributed by atoms with van der Waals surface area (Å²) in [5.41, 5.74) is 0. The van der Waals surface area contributed by atoms with Gasteiger partial charge in [-0.25, -0.2) is 4.39 Å². The van der Waals surface area contributed by atoms with Gasteiger partial charge >= 0.3 is 0 Å². The van der Waals surface area contributed by atoms with Crippen molar-refractivity contribution < 1.29 is 9.18 Å². The third-order valence-corrected chi connectivity index (χ3v) is 1.87. The normalized spacial score (nSPS) is 30.4. The van der Waals surface area contributed by atoms with E-state index in [-0.39, 0.29) is 11.8 Å². The highest BCUT2D eigenvalue weighted by Gasteiger charge is 2.26. The van der Waals surface area contributed by atoms with Gasteiger partial charge in [0.1, 0.15) is 6.17 Å². The van der Waals surface area contributed by atoms with E-state index < -0.39 is 6.17 Å². The number of hydrogen-bond acceptors (Lipinski definition) is 2. The highest BCUT2D eigenvalue weighted by atomic mass is 19.1. The Hall–Kier alpha value is -0.640. The Morgan fingerprint density at radius 1 is 1.73 bits per heavy atom. The molecule has 0 unspecified atom stereocenters. The quantitative estimate of drug-likeness (QED) is 0.581. The van der Waals surface area contributed by atoms with Crippen LogP contribution < -0.4 is 10.6 Å². The topological polar surface area (TPSA) is 41.1 Å². The molecule has 1 amide bonds. The summed E-state index contributed by atoms with van der Waals surface area (Å²) in [6.45, 7) is 2.98. The number of amides is 1. The van der Waals surface area contributed by atoms with Gasteiger partial charge in [0.25, 0.3) is 0 Å². The number of carbonyl (C=O) groups is 1. The van der Waals surface area contributed by atoms with Gasteiger partial charge in [0.05, 0.1) is 0 Å². The Kier molecular flexibility index (Phi) is 2.82. The lowest BCUT2D eigenvalue weighted by atomic mass is 10.1. The van der Waals surface area contributed by atoms with Gasteiger partial charge in [-0.05, 0) is 0 Å². The van der Waals surface area contributed by atoms with Crippen molar-refractivity contribution in [3.8, 4) is 0 Å². The molecule has 1 aliphatic heterocycles. The van der Waals surface area contributed by atoms with Crippen LogP contribution in [0.25, 0.3) is 0 Å². The monoisotopic (exact) mass is 160 g/mol. The minimum atomic E-state index is -0.804. The molecule has 2 atom stereocenters. The highest BCUT2D eigenvalue weighted by Crippen LogP contribution is 2.10. The van der Waals surface area contributed by atoms with Crippen LogP contribution in [0.1, 0.15) is 6.92 Å². The number of carbonyl (C=O) groups excluding carboxylic acids is 1. The van der Waals surface area contributed by atoms with E-state index in [0.717, 1.165) is 0 Å². The summed E-state index contributed by atoms with van der Waals surface area (Å²) in [6, 6.07) is 0. The summed E-state index contributed by atoms with van der Waals surface area (Å²) in [4.78, 5) is 10.5. The lowest BCUT2D eigenvalue weighted by Crippen LogP contribution is -2.31. The third-order valence-electron chi connectivity index (χ3n) is 1.87. The first kappa shape index (κ1) is 8.46. The minimum Gasteiger partial charge on any atom is -0.356 e. The maximum atomic E-state index is 12.8. The zero-order valence-corrected chi connectivity index (χ0v) is 6.56. The van der Waals surface area contributed by atoms with Crippen LogP contribution >= 0.6 is 0 Å². The second-order valence-corrected chi connectivity index (χ2v) is 2.87. The number of halogens is 1. The molecular formula is C7H13FN2O. The van der Waals surface area contributed by atoms with Crippen LogP contribution in [0, 0.1) is 5.92 Å². The van der Waals surface area contributed by atoms with Crippen molar-refractivity contribution in [1.29, 1.82) is 0 Å². The van der Waals surface area contributed by atoms with E-state index in [0.29, 0.717) is 19.6 Å². The van der Waals surface area contributed by atoms with Crippen molar-refractivity contribution in [1.82, 2.24) is 10.6 Å². The molecule has 1 rings (SSSR count). The van der Waals surface area contributed by atoms with Crippen LogP contribution in [0.3, 0.4) is 0 Å². The molecule has 0 spiro atoms. The van der Waals surface area contributed by atoms with Gasteiger partial charge in [-0.1, -0.05) is 0 Å². The predicted octanol–water partition coefficient (Wildman–Crippen LogP) is -0.320. The van der Waals surface area contributed by atoms with Crippen molar-refractivity contribution in [2.24, 2.45) is 5.92 Å². The van der Waals surface area contributed by atoms with E-state index in [9.17, 15) is 9.18 Å². The molecule has 0 radical (unpaired) electrons. The maximum Gasteiger partial charge on any atom is 0.216 e. The Bertz CT molecular complexity index is 151. The molecule has 1 fully saturated rings.